The van der Waals surface area contributed by atoms with E-state index in [1.54, 1.807) is 0 Å². The van der Waals surface area contributed by atoms with E-state index in [2.05, 4.69) is 40.7 Å². The Morgan fingerprint density at radius 2 is 2.00 bits per heavy atom. The number of likely N-dealkylation sites (tertiary alicyclic amines) is 1. The average Bonchev–Trinajstić information content (AvgIpc) is 3.26. The van der Waals surface area contributed by atoms with Crippen molar-refractivity contribution in [2.75, 3.05) is 6.54 Å². The third kappa shape index (κ3) is 2.90. The first kappa shape index (κ1) is 14.5. The molecule has 0 N–H and O–H groups in total. The Hall–Kier alpha value is -2.10. The topological polar surface area (TPSA) is 38.1 Å². The minimum absolute atomic E-state index is 0.196. The summed E-state index contributed by atoms with van der Waals surface area (Å²) in [5.74, 6) is 1.05. The molecule has 2 fully saturated rings. The van der Waals surface area contributed by atoms with E-state index >= 15 is 0 Å². The van der Waals surface area contributed by atoms with Crippen LogP contribution in [0.5, 0.6) is 0 Å². The quantitative estimate of drug-likeness (QED) is 0.851. The molecule has 2 aromatic rings. The molecule has 1 aliphatic carbocycles. The predicted octanol–water partition coefficient (Wildman–Crippen LogP) is 3.08. The molecule has 4 heteroatoms. The third-order valence-electron chi connectivity index (χ3n) is 5.37. The molecular formula is C19H23N3O. The van der Waals surface area contributed by atoms with Crippen LogP contribution in [0.25, 0.3) is 0 Å². The number of amides is 1. The van der Waals surface area contributed by atoms with E-state index in [-0.39, 0.29) is 5.41 Å². The SMILES string of the molecule is CC1(C2CC2)CC(=O)N(Cc2cncn2Cc2ccccc2)C1. The molecule has 2 aliphatic rings. The van der Waals surface area contributed by atoms with Crippen LogP contribution in [-0.2, 0) is 17.9 Å². The minimum Gasteiger partial charge on any atom is -0.336 e. The van der Waals surface area contributed by atoms with Crippen molar-refractivity contribution in [3.8, 4) is 0 Å². The number of hydrogen-bond donors (Lipinski definition) is 0. The zero-order valence-electron chi connectivity index (χ0n) is 13.6. The molecule has 23 heavy (non-hydrogen) atoms. The van der Waals surface area contributed by atoms with Gasteiger partial charge in [0.1, 0.15) is 0 Å². The van der Waals surface area contributed by atoms with E-state index in [1.807, 2.05) is 23.5 Å². The number of aromatic nitrogens is 2. The molecule has 1 aliphatic heterocycles. The molecule has 1 unspecified atom stereocenters. The zero-order chi connectivity index (χ0) is 15.9. The normalized spacial score (nSPS) is 24.4. The van der Waals surface area contributed by atoms with Crippen molar-refractivity contribution < 1.29 is 4.79 Å². The van der Waals surface area contributed by atoms with Crippen LogP contribution >= 0.6 is 0 Å². The van der Waals surface area contributed by atoms with Gasteiger partial charge in [-0.15, -0.1) is 0 Å². The van der Waals surface area contributed by atoms with E-state index in [4.69, 9.17) is 0 Å². The Labute approximate surface area is 137 Å². The predicted molar refractivity (Wildman–Crippen MR) is 88.6 cm³/mol. The van der Waals surface area contributed by atoms with Crippen molar-refractivity contribution in [2.45, 2.75) is 39.3 Å². The van der Waals surface area contributed by atoms with Gasteiger partial charge in [-0.3, -0.25) is 4.79 Å². The van der Waals surface area contributed by atoms with Gasteiger partial charge < -0.3 is 9.47 Å². The molecular weight excluding hydrogens is 286 g/mol. The van der Waals surface area contributed by atoms with E-state index in [9.17, 15) is 4.79 Å². The first-order valence-corrected chi connectivity index (χ1v) is 8.45. The lowest BCUT2D eigenvalue weighted by atomic mass is 9.84. The molecule has 1 saturated heterocycles. The van der Waals surface area contributed by atoms with Gasteiger partial charge in [0.15, 0.2) is 0 Å². The van der Waals surface area contributed by atoms with Gasteiger partial charge in [0, 0.05) is 25.7 Å². The molecule has 1 saturated carbocycles. The Morgan fingerprint density at radius 3 is 2.74 bits per heavy atom. The Kier molecular flexibility index (Phi) is 3.47. The molecule has 1 aromatic heterocycles. The average molecular weight is 309 g/mol. The Morgan fingerprint density at radius 1 is 1.22 bits per heavy atom. The maximum Gasteiger partial charge on any atom is 0.223 e. The lowest BCUT2D eigenvalue weighted by molar-refractivity contribution is -0.128. The number of rotatable bonds is 5. The lowest BCUT2D eigenvalue weighted by Crippen LogP contribution is -2.28. The molecule has 0 radical (unpaired) electrons. The molecule has 1 amide bonds. The van der Waals surface area contributed by atoms with E-state index < -0.39 is 0 Å². The Balaban J connectivity index is 1.47. The molecule has 4 nitrogen and oxygen atoms in total. The second-order valence-corrected chi connectivity index (χ2v) is 7.35. The van der Waals surface area contributed by atoms with Crippen molar-refractivity contribution >= 4 is 5.91 Å². The highest BCUT2D eigenvalue weighted by Gasteiger charge is 2.49. The van der Waals surface area contributed by atoms with Crippen molar-refractivity contribution in [2.24, 2.45) is 11.3 Å². The fraction of sp³-hybridized carbons (Fsp3) is 0.474. The van der Waals surface area contributed by atoms with Crippen molar-refractivity contribution in [3.63, 3.8) is 0 Å². The number of hydrogen-bond acceptors (Lipinski definition) is 2. The van der Waals surface area contributed by atoms with Gasteiger partial charge in [-0.1, -0.05) is 37.3 Å². The van der Waals surface area contributed by atoms with E-state index in [0.717, 1.165) is 24.7 Å². The summed E-state index contributed by atoms with van der Waals surface area (Å²) in [7, 11) is 0. The van der Waals surface area contributed by atoms with Gasteiger partial charge in [0.2, 0.25) is 5.91 Å². The van der Waals surface area contributed by atoms with Crippen LogP contribution in [0.2, 0.25) is 0 Å². The summed E-state index contributed by atoms with van der Waals surface area (Å²) in [5.41, 5.74) is 2.56. The second kappa shape index (κ2) is 5.52. The third-order valence-corrected chi connectivity index (χ3v) is 5.37. The van der Waals surface area contributed by atoms with Crippen molar-refractivity contribution in [3.05, 3.63) is 54.1 Å². The molecule has 1 atom stereocenters. The summed E-state index contributed by atoms with van der Waals surface area (Å²) in [4.78, 5) is 18.7. The highest BCUT2D eigenvalue weighted by atomic mass is 16.2. The fourth-order valence-corrected chi connectivity index (χ4v) is 3.83. The first-order valence-electron chi connectivity index (χ1n) is 8.45. The maximum absolute atomic E-state index is 12.4. The van der Waals surface area contributed by atoms with Crippen LogP contribution in [0, 0.1) is 11.3 Å². The summed E-state index contributed by atoms with van der Waals surface area (Å²) in [6.45, 7) is 4.66. The highest BCUT2D eigenvalue weighted by Crippen LogP contribution is 2.51. The molecule has 120 valence electrons. The van der Waals surface area contributed by atoms with Gasteiger partial charge in [-0.2, -0.15) is 0 Å². The van der Waals surface area contributed by atoms with Crippen LogP contribution < -0.4 is 0 Å². The summed E-state index contributed by atoms with van der Waals surface area (Å²) >= 11 is 0. The van der Waals surface area contributed by atoms with Gasteiger partial charge in [-0.05, 0) is 29.7 Å². The zero-order valence-corrected chi connectivity index (χ0v) is 13.6. The minimum atomic E-state index is 0.196. The van der Waals surface area contributed by atoms with Gasteiger partial charge in [0.05, 0.1) is 18.6 Å². The highest BCUT2D eigenvalue weighted by molar-refractivity contribution is 5.79. The number of benzene rings is 1. The van der Waals surface area contributed by atoms with Crippen molar-refractivity contribution in [1.29, 1.82) is 0 Å². The standard InChI is InChI=1S/C19H23N3O/c1-19(16-7-8-16)9-18(23)21(13-19)12-17-10-20-14-22(17)11-15-5-3-2-4-6-15/h2-6,10,14,16H,7-9,11-13H2,1H3. The summed E-state index contributed by atoms with van der Waals surface area (Å²) in [6.07, 6.45) is 7.06. The molecule has 0 bridgehead atoms. The number of carbonyl (C=O) groups is 1. The molecule has 2 heterocycles. The number of imidazole rings is 1. The molecule has 4 rings (SSSR count). The largest absolute Gasteiger partial charge is 0.336 e. The van der Waals surface area contributed by atoms with Crippen LogP contribution in [0.3, 0.4) is 0 Å². The Bertz CT molecular complexity index is 704. The van der Waals surface area contributed by atoms with E-state index in [0.29, 0.717) is 18.9 Å². The van der Waals surface area contributed by atoms with Gasteiger partial charge in [0.25, 0.3) is 0 Å². The van der Waals surface area contributed by atoms with Crippen LogP contribution in [-0.4, -0.2) is 26.9 Å². The van der Waals surface area contributed by atoms with E-state index in [1.165, 1.54) is 18.4 Å². The monoisotopic (exact) mass is 309 g/mol. The molecule has 0 spiro atoms. The fourth-order valence-electron chi connectivity index (χ4n) is 3.83. The van der Waals surface area contributed by atoms with Crippen molar-refractivity contribution in [1.82, 2.24) is 14.5 Å². The molecule has 1 aromatic carbocycles. The summed E-state index contributed by atoms with van der Waals surface area (Å²) in [6, 6.07) is 10.4. The van der Waals surface area contributed by atoms with Crippen LogP contribution in [0.15, 0.2) is 42.9 Å². The van der Waals surface area contributed by atoms with Gasteiger partial charge in [-0.25, -0.2) is 4.98 Å². The second-order valence-electron chi connectivity index (χ2n) is 7.35. The lowest BCUT2D eigenvalue weighted by Gasteiger charge is -2.24. The van der Waals surface area contributed by atoms with Crippen LogP contribution in [0.1, 0.15) is 37.4 Å². The smallest absolute Gasteiger partial charge is 0.223 e. The number of nitrogens with zero attached hydrogens (tertiary/aromatic N) is 3. The van der Waals surface area contributed by atoms with Crippen LogP contribution in [0.4, 0.5) is 0 Å². The van der Waals surface area contributed by atoms with Gasteiger partial charge >= 0.3 is 0 Å². The first-order chi connectivity index (χ1) is 11.1. The summed E-state index contributed by atoms with van der Waals surface area (Å²) < 4.78 is 2.15. The maximum atomic E-state index is 12.4. The number of carbonyl (C=O) groups excluding carboxylic acids is 1. The summed E-state index contributed by atoms with van der Waals surface area (Å²) in [5, 5.41) is 0.